The molecule has 110 valence electrons. The molecule has 4 heteroatoms. The zero-order valence-electron chi connectivity index (χ0n) is 12.5. The van der Waals surface area contributed by atoms with Crippen molar-refractivity contribution in [3.05, 3.63) is 40.9 Å². The summed E-state index contributed by atoms with van der Waals surface area (Å²) in [5.41, 5.74) is 3.15. The van der Waals surface area contributed by atoms with Crippen LogP contribution in [0.25, 0.3) is 10.8 Å². The van der Waals surface area contributed by atoms with E-state index in [1.54, 1.807) is 0 Å². The molecule has 2 rings (SSSR count). The molecule has 2 aromatic carbocycles. The molecule has 0 aromatic heterocycles. The van der Waals surface area contributed by atoms with Gasteiger partial charge in [0.2, 0.25) is 0 Å². The van der Waals surface area contributed by atoms with Crippen LogP contribution in [0.2, 0.25) is 19.6 Å². The largest absolute Gasteiger partial charge is 0.489 e. The fourth-order valence-corrected chi connectivity index (χ4v) is 3.04. The molecule has 0 aliphatic heterocycles. The second-order valence-electron chi connectivity index (χ2n) is 5.94. The molecular weight excluding hydrogens is 344 g/mol. The van der Waals surface area contributed by atoms with Gasteiger partial charge in [0.1, 0.15) is 26.5 Å². The molecule has 1 unspecified atom stereocenters. The number of fused-ring (bicyclic) bond motifs is 1. The highest BCUT2D eigenvalue weighted by Crippen LogP contribution is 2.33. The average Bonchev–Trinajstić information content (AvgIpc) is 2.44. The van der Waals surface area contributed by atoms with Crippen molar-refractivity contribution < 1.29 is 9.84 Å². The third kappa shape index (κ3) is 4.60. The maximum atomic E-state index is 9.89. The smallest absolute Gasteiger partial charge is 0.147 e. The Morgan fingerprint density at radius 1 is 1.19 bits per heavy atom. The molecule has 0 heterocycles. The summed E-state index contributed by atoms with van der Waals surface area (Å²) < 4.78 is 6.60. The molecule has 0 spiro atoms. The highest BCUT2D eigenvalue weighted by atomic mass is 79.9. The van der Waals surface area contributed by atoms with Gasteiger partial charge in [0, 0.05) is 0 Å². The number of aliphatic hydroxyl groups is 1. The van der Waals surface area contributed by atoms with Crippen LogP contribution in [0.1, 0.15) is 0 Å². The van der Waals surface area contributed by atoms with E-state index in [2.05, 4.69) is 53.1 Å². The summed E-state index contributed by atoms with van der Waals surface area (Å²) in [4.78, 5) is 0. The maximum absolute atomic E-state index is 9.89. The first-order valence-electron chi connectivity index (χ1n) is 6.87. The second kappa shape index (κ2) is 6.65. The van der Waals surface area contributed by atoms with Crippen LogP contribution < -0.4 is 4.74 Å². The fourth-order valence-electron chi connectivity index (χ4n) is 1.84. The quantitative estimate of drug-likeness (QED) is 0.654. The molecule has 0 aliphatic carbocycles. The van der Waals surface area contributed by atoms with Crippen molar-refractivity contribution in [2.24, 2.45) is 0 Å². The van der Waals surface area contributed by atoms with Gasteiger partial charge in [0.05, 0.1) is 4.47 Å². The molecule has 2 nitrogen and oxygen atoms in total. The van der Waals surface area contributed by atoms with Crippen LogP contribution in [0.15, 0.2) is 40.9 Å². The number of hydrogen-bond acceptors (Lipinski definition) is 2. The van der Waals surface area contributed by atoms with Gasteiger partial charge < -0.3 is 9.84 Å². The minimum Gasteiger partial charge on any atom is -0.489 e. The van der Waals surface area contributed by atoms with Gasteiger partial charge in [0.15, 0.2) is 0 Å². The number of benzene rings is 2. The summed E-state index contributed by atoms with van der Waals surface area (Å²) >= 11 is 3.57. The van der Waals surface area contributed by atoms with Gasteiger partial charge in [-0.15, -0.1) is 5.54 Å². The highest BCUT2D eigenvalue weighted by molar-refractivity contribution is 9.10. The summed E-state index contributed by atoms with van der Waals surface area (Å²) in [5, 5.41) is 12.1. The van der Waals surface area contributed by atoms with Gasteiger partial charge >= 0.3 is 0 Å². The fraction of sp³-hybridized carbons (Fsp3) is 0.294. The van der Waals surface area contributed by atoms with Gasteiger partial charge in [-0.3, -0.25) is 0 Å². The lowest BCUT2D eigenvalue weighted by Crippen LogP contribution is -2.20. The van der Waals surface area contributed by atoms with Crippen molar-refractivity contribution in [3.8, 4) is 17.2 Å². The van der Waals surface area contributed by atoms with Crippen molar-refractivity contribution in [1.29, 1.82) is 0 Å². The van der Waals surface area contributed by atoms with Crippen LogP contribution in [0.4, 0.5) is 0 Å². The number of halogens is 1. The van der Waals surface area contributed by atoms with Gasteiger partial charge in [-0.1, -0.05) is 55.9 Å². The summed E-state index contributed by atoms with van der Waals surface area (Å²) in [6, 6.07) is 12.0. The Balaban J connectivity index is 2.10. The van der Waals surface area contributed by atoms with E-state index in [9.17, 15) is 5.11 Å². The monoisotopic (exact) mass is 362 g/mol. The lowest BCUT2D eigenvalue weighted by Gasteiger charge is -2.12. The molecule has 21 heavy (non-hydrogen) atoms. The zero-order valence-corrected chi connectivity index (χ0v) is 15.1. The molecule has 0 amide bonds. The normalized spacial score (nSPS) is 12.6. The van der Waals surface area contributed by atoms with Crippen LogP contribution >= 0.6 is 15.9 Å². The molecule has 2 aromatic rings. The van der Waals surface area contributed by atoms with Crippen molar-refractivity contribution >= 4 is 34.8 Å². The molecule has 0 radical (unpaired) electrons. The molecule has 1 N–H and O–H groups in total. The third-order valence-electron chi connectivity index (χ3n) is 2.84. The number of hydrogen-bond donors (Lipinski definition) is 1. The standard InChI is InChI=1S/C17H19BrO2Si/c1-21(2,3)11-10-14(19)12-20-16-9-8-13-6-4-5-7-15(13)17(16)18/h4-9,14,19H,12H2,1-3H3. The Hall–Kier alpha value is -1.28. The Bertz CT molecular complexity index is 695. The van der Waals surface area contributed by atoms with E-state index in [1.165, 1.54) is 0 Å². The lowest BCUT2D eigenvalue weighted by atomic mass is 10.1. The van der Waals surface area contributed by atoms with Crippen molar-refractivity contribution in [2.75, 3.05) is 6.61 Å². The van der Waals surface area contributed by atoms with E-state index in [1.807, 2.05) is 30.3 Å². The lowest BCUT2D eigenvalue weighted by molar-refractivity contribution is 0.151. The van der Waals surface area contributed by atoms with E-state index < -0.39 is 14.2 Å². The molecule has 1 atom stereocenters. The average molecular weight is 363 g/mol. The van der Waals surface area contributed by atoms with E-state index in [4.69, 9.17) is 4.74 Å². The van der Waals surface area contributed by atoms with E-state index in [0.717, 1.165) is 21.0 Å². The zero-order chi connectivity index (χ0) is 15.5. The second-order valence-corrected chi connectivity index (χ2v) is 11.5. The number of rotatable bonds is 3. The maximum Gasteiger partial charge on any atom is 0.147 e. The molecule has 0 fully saturated rings. The Kier molecular flexibility index (Phi) is 5.10. The van der Waals surface area contributed by atoms with Crippen molar-refractivity contribution in [1.82, 2.24) is 0 Å². The Labute approximate surface area is 135 Å². The topological polar surface area (TPSA) is 29.5 Å². The van der Waals surface area contributed by atoms with Crippen LogP contribution in [0.5, 0.6) is 5.75 Å². The van der Waals surface area contributed by atoms with Gasteiger partial charge in [-0.05, 0) is 32.8 Å². The van der Waals surface area contributed by atoms with Crippen LogP contribution in [0, 0.1) is 11.5 Å². The van der Waals surface area contributed by atoms with E-state index >= 15 is 0 Å². The molecule has 0 bridgehead atoms. The predicted molar refractivity (Wildman–Crippen MR) is 94.3 cm³/mol. The molecule has 0 saturated carbocycles. The molecule has 0 saturated heterocycles. The third-order valence-corrected chi connectivity index (χ3v) is 4.55. The van der Waals surface area contributed by atoms with Gasteiger partial charge in [-0.2, -0.15) is 0 Å². The van der Waals surface area contributed by atoms with Crippen LogP contribution in [-0.2, 0) is 0 Å². The van der Waals surface area contributed by atoms with E-state index in [0.29, 0.717) is 0 Å². The first kappa shape index (κ1) is 16.1. The molecule has 0 aliphatic rings. The Morgan fingerprint density at radius 3 is 2.62 bits per heavy atom. The first-order valence-corrected chi connectivity index (χ1v) is 11.2. The SMILES string of the molecule is C[Si](C)(C)C#CC(O)COc1ccc2ccccc2c1Br. The first-order chi connectivity index (χ1) is 9.87. The molecular formula is C17H19BrO2Si. The van der Waals surface area contributed by atoms with Crippen molar-refractivity contribution in [2.45, 2.75) is 25.7 Å². The minimum absolute atomic E-state index is 0.175. The highest BCUT2D eigenvalue weighted by Gasteiger charge is 2.10. The summed E-state index contributed by atoms with van der Waals surface area (Å²) in [5.74, 6) is 3.60. The predicted octanol–water partition coefficient (Wildman–Crippen LogP) is 4.22. The van der Waals surface area contributed by atoms with Crippen LogP contribution in [-0.4, -0.2) is 25.9 Å². The van der Waals surface area contributed by atoms with Crippen molar-refractivity contribution in [3.63, 3.8) is 0 Å². The van der Waals surface area contributed by atoms with Crippen LogP contribution in [0.3, 0.4) is 0 Å². The number of aliphatic hydroxyl groups excluding tert-OH is 1. The van der Waals surface area contributed by atoms with E-state index in [-0.39, 0.29) is 6.61 Å². The summed E-state index contributed by atoms with van der Waals surface area (Å²) in [6.45, 7) is 6.61. The minimum atomic E-state index is -1.46. The summed E-state index contributed by atoms with van der Waals surface area (Å²) in [6.07, 6.45) is -0.755. The summed E-state index contributed by atoms with van der Waals surface area (Å²) in [7, 11) is -1.46. The number of ether oxygens (including phenoxy) is 1. The van der Waals surface area contributed by atoms with Gasteiger partial charge in [0.25, 0.3) is 0 Å². The van der Waals surface area contributed by atoms with Gasteiger partial charge in [-0.25, -0.2) is 0 Å². The Morgan fingerprint density at radius 2 is 1.90 bits per heavy atom.